The molecule has 1 aliphatic heterocycles. The average molecular weight is 467 g/mol. The number of halogens is 2. The molecule has 0 aliphatic carbocycles. The molecule has 0 fully saturated rings. The molecule has 32 heavy (non-hydrogen) atoms. The molecule has 1 atom stereocenters. The van der Waals surface area contributed by atoms with Crippen LogP contribution in [0.1, 0.15) is 5.56 Å². The highest BCUT2D eigenvalue weighted by Gasteiger charge is 2.28. The van der Waals surface area contributed by atoms with E-state index in [0.29, 0.717) is 22.3 Å². The van der Waals surface area contributed by atoms with E-state index in [1.807, 2.05) is 35.4 Å². The number of rotatable bonds is 5. The number of carbonyl (C=O) groups is 1. The van der Waals surface area contributed by atoms with Gasteiger partial charge in [-0.3, -0.25) is 4.79 Å². The van der Waals surface area contributed by atoms with Crippen molar-refractivity contribution >= 4 is 57.3 Å². The summed E-state index contributed by atoms with van der Waals surface area (Å²) in [6, 6.07) is 15.1. The van der Waals surface area contributed by atoms with E-state index in [4.69, 9.17) is 23.2 Å². The predicted octanol–water partition coefficient (Wildman–Crippen LogP) is 4.75. The smallest absolute Gasteiger partial charge is 0.246 e. The number of carbonyl (C=O) groups excluding carboxylic acids is 1. The molecule has 0 bridgehead atoms. The summed E-state index contributed by atoms with van der Waals surface area (Å²) in [6.45, 7) is 0.636. The van der Waals surface area contributed by atoms with E-state index in [-0.39, 0.29) is 18.5 Å². The van der Waals surface area contributed by atoms with Gasteiger partial charge in [0.25, 0.3) is 0 Å². The third-order valence-electron chi connectivity index (χ3n) is 5.45. The Morgan fingerprint density at radius 3 is 2.78 bits per heavy atom. The fraction of sp³-hybridized carbons (Fsp3) is 0.174. The van der Waals surface area contributed by atoms with Gasteiger partial charge in [-0.15, -0.1) is 0 Å². The second-order valence-electron chi connectivity index (χ2n) is 7.65. The summed E-state index contributed by atoms with van der Waals surface area (Å²) in [5.74, 6) is 0.703. The van der Waals surface area contributed by atoms with E-state index >= 15 is 0 Å². The standard InChI is InChI=1S/C23H20Cl2N6O/c24-15-8-16(25)10-17(9-15)27-11-21(32)31-12-18(7-14-3-1-2-4-20(14)31)30-23-19-5-6-26-22(19)28-13-29-23/h1-6,8-10,13,18,27H,7,11-12H2,(H2,26,28,29,30). The van der Waals surface area contributed by atoms with Crippen LogP contribution < -0.4 is 15.5 Å². The van der Waals surface area contributed by atoms with Crippen molar-refractivity contribution in [3.05, 3.63) is 76.7 Å². The molecule has 2 aromatic carbocycles. The number of hydrogen-bond acceptors (Lipinski definition) is 5. The van der Waals surface area contributed by atoms with Crippen LogP contribution in [0.3, 0.4) is 0 Å². The number of para-hydroxylation sites is 1. The zero-order chi connectivity index (χ0) is 22.1. The van der Waals surface area contributed by atoms with Gasteiger partial charge in [0.15, 0.2) is 0 Å². The van der Waals surface area contributed by atoms with Crippen molar-refractivity contribution in [2.45, 2.75) is 12.5 Å². The number of hydrogen-bond donors (Lipinski definition) is 3. The van der Waals surface area contributed by atoms with Gasteiger partial charge < -0.3 is 20.5 Å². The summed E-state index contributed by atoms with van der Waals surface area (Å²) in [7, 11) is 0. The molecule has 0 spiro atoms. The maximum Gasteiger partial charge on any atom is 0.246 e. The zero-order valence-electron chi connectivity index (χ0n) is 17.0. The second-order valence-corrected chi connectivity index (χ2v) is 8.53. The molecule has 1 unspecified atom stereocenters. The van der Waals surface area contributed by atoms with Crippen molar-refractivity contribution in [2.24, 2.45) is 0 Å². The SMILES string of the molecule is O=C(CNc1cc(Cl)cc(Cl)c1)N1CC(Nc2ncnc3[nH]ccc23)Cc2ccccc21. The number of fused-ring (bicyclic) bond motifs is 2. The Hall–Kier alpha value is -3.29. The van der Waals surface area contributed by atoms with E-state index in [0.717, 1.165) is 34.5 Å². The Kier molecular flexibility index (Phi) is 5.59. The molecular formula is C23H20Cl2N6O. The van der Waals surface area contributed by atoms with Gasteiger partial charge in [0, 0.05) is 40.2 Å². The largest absolute Gasteiger partial charge is 0.376 e. The minimum absolute atomic E-state index is 0.00228. The quantitative estimate of drug-likeness (QED) is 0.395. The van der Waals surface area contributed by atoms with E-state index in [1.54, 1.807) is 18.2 Å². The van der Waals surface area contributed by atoms with Crippen LogP contribution in [-0.2, 0) is 11.2 Å². The van der Waals surface area contributed by atoms with Gasteiger partial charge in [0.05, 0.1) is 11.9 Å². The maximum absolute atomic E-state index is 13.2. The molecular weight excluding hydrogens is 447 g/mol. The topological polar surface area (TPSA) is 85.9 Å². The van der Waals surface area contributed by atoms with Gasteiger partial charge in [-0.25, -0.2) is 9.97 Å². The monoisotopic (exact) mass is 466 g/mol. The number of anilines is 3. The number of nitrogens with zero attached hydrogens (tertiary/aromatic N) is 3. The minimum Gasteiger partial charge on any atom is -0.376 e. The van der Waals surface area contributed by atoms with E-state index in [1.165, 1.54) is 6.33 Å². The second kappa shape index (κ2) is 8.68. The number of benzene rings is 2. The number of aromatic nitrogens is 3. The Labute approximate surface area is 194 Å². The summed E-state index contributed by atoms with van der Waals surface area (Å²) in [5.41, 5.74) is 3.51. The predicted molar refractivity (Wildman–Crippen MR) is 129 cm³/mol. The van der Waals surface area contributed by atoms with Crippen LogP contribution in [0.15, 0.2) is 61.1 Å². The Bertz CT molecular complexity index is 1270. The molecule has 0 radical (unpaired) electrons. The third kappa shape index (κ3) is 4.22. The van der Waals surface area contributed by atoms with Crippen molar-refractivity contribution < 1.29 is 4.79 Å². The fourth-order valence-corrected chi connectivity index (χ4v) is 4.56. The maximum atomic E-state index is 13.2. The highest BCUT2D eigenvalue weighted by Crippen LogP contribution is 2.29. The molecule has 5 rings (SSSR count). The van der Waals surface area contributed by atoms with Gasteiger partial charge in [-0.1, -0.05) is 41.4 Å². The molecule has 1 amide bonds. The fourth-order valence-electron chi connectivity index (χ4n) is 4.04. The number of aromatic amines is 1. The van der Waals surface area contributed by atoms with Crippen molar-refractivity contribution in [3.63, 3.8) is 0 Å². The van der Waals surface area contributed by atoms with Crippen LogP contribution in [-0.4, -0.2) is 40.0 Å². The molecule has 9 heteroatoms. The molecule has 0 saturated heterocycles. The Morgan fingerprint density at radius 2 is 1.94 bits per heavy atom. The van der Waals surface area contributed by atoms with Crippen LogP contribution in [0.4, 0.5) is 17.2 Å². The lowest BCUT2D eigenvalue weighted by molar-refractivity contribution is -0.117. The first-order valence-electron chi connectivity index (χ1n) is 10.2. The highest BCUT2D eigenvalue weighted by molar-refractivity contribution is 6.35. The van der Waals surface area contributed by atoms with Crippen LogP contribution in [0, 0.1) is 0 Å². The normalized spacial score (nSPS) is 15.4. The summed E-state index contributed by atoms with van der Waals surface area (Å²) in [4.78, 5) is 26.8. The van der Waals surface area contributed by atoms with Gasteiger partial charge in [-0.2, -0.15) is 0 Å². The first kappa shape index (κ1) is 20.6. The number of H-pyrrole nitrogens is 1. The lowest BCUT2D eigenvalue weighted by Gasteiger charge is -2.35. The van der Waals surface area contributed by atoms with E-state index in [9.17, 15) is 4.79 Å². The van der Waals surface area contributed by atoms with Crippen LogP contribution in [0.2, 0.25) is 10.0 Å². The lowest BCUT2D eigenvalue weighted by Crippen LogP contribution is -2.47. The van der Waals surface area contributed by atoms with Gasteiger partial charge in [0.1, 0.15) is 17.8 Å². The van der Waals surface area contributed by atoms with Crippen molar-refractivity contribution in [2.75, 3.05) is 28.6 Å². The van der Waals surface area contributed by atoms with Crippen LogP contribution >= 0.6 is 23.2 Å². The molecule has 7 nitrogen and oxygen atoms in total. The first-order chi connectivity index (χ1) is 15.6. The number of amides is 1. The summed E-state index contributed by atoms with van der Waals surface area (Å²) in [5, 5.41) is 8.59. The first-order valence-corrected chi connectivity index (χ1v) is 11.0. The highest BCUT2D eigenvalue weighted by atomic mass is 35.5. The van der Waals surface area contributed by atoms with Gasteiger partial charge in [-0.05, 0) is 42.3 Å². The summed E-state index contributed by atoms with van der Waals surface area (Å²) < 4.78 is 0. The van der Waals surface area contributed by atoms with Crippen molar-refractivity contribution in [3.8, 4) is 0 Å². The van der Waals surface area contributed by atoms with Gasteiger partial charge in [0.2, 0.25) is 5.91 Å². The molecule has 1 aliphatic rings. The van der Waals surface area contributed by atoms with Crippen LogP contribution in [0.25, 0.3) is 11.0 Å². The molecule has 162 valence electrons. The average Bonchev–Trinajstić information content (AvgIpc) is 3.26. The summed E-state index contributed by atoms with van der Waals surface area (Å²) in [6.07, 6.45) is 4.15. The Morgan fingerprint density at radius 1 is 1.12 bits per heavy atom. The minimum atomic E-state index is -0.0467. The van der Waals surface area contributed by atoms with E-state index in [2.05, 4.69) is 31.7 Å². The number of nitrogens with one attached hydrogen (secondary N) is 3. The molecule has 4 aromatic rings. The molecule has 2 aromatic heterocycles. The Balaban J connectivity index is 1.36. The van der Waals surface area contributed by atoms with Gasteiger partial charge >= 0.3 is 0 Å². The summed E-state index contributed by atoms with van der Waals surface area (Å²) >= 11 is 12.1. The van der Waals surface area contributed by atoms with Crippen molar-refractivity contribution in [1.29, 1.82) is 0 Å². The van der Waals surface area contributed by atoms with Crippen LogP contribution in [0.5, 0.6) is 0 Å². The van der Waals surface area contributed by atoms with Crippen molar-refractivity contribution in [1.82, 2.24) is 15.0 Å². The zero-order valence-corrected chi connectivity index (χ0v) is 18.5. The van der Waals surface area contributed by atoms with E-state index < -0.39 is 0 Å². The lowest BCUT2D eigenvalue weighted by atomic mass is 9.97. The molecule has 3 heterocycles. The molecule has 0 saturated carbocycles. The molecule has 3 N–H and O–H groups in total. The third-order valence-corrected chi connectivity index (χ3v) is 5.89.